The van der Waals surface area contributed by atoms with Crippen LogP contribution >= 0.6 is 0 Å². The van der Waals surface area contributed by atoms with Gasteiger partial charge in [0, 0.05) is 38.5 Å². The van der Waals surface area contributed by atoms with Crippen molar-refractivity contribution in [3.63, 3.8) is 0 Å². The topological polar surface area (TPSA) is 26.7 Å². The Hall–Kier alpha value is -1.06. The Bertz CT molecular complexity index is 394. The molecule has 0 saturated carbocycles. The number of fused-ring (bicyclic) bond motifs is 1. The summed E-state index contributed by atoms with van der Waals surface area (Å²) in [7, 11) is 2.19. The van der Waals surface area contributed by atoms with Crippen LogP contribution in [0.2, 0.25) is 0 Å². The molecule has 0 aromatic heterocycles. The minimum absolute atomic E-state index is 0.321. The van der Waals surface area contributed by atoms with Gasteiger partial charge in [-0.25, -0.2) is 0 Å². The van der Waals surface area contributed by atoms with E-state index >= 15 is 0 Å². The highest BCUT2D eigenvalue weighted by Crippen LogP contribution is 2.26. The molecule has 1 aromatic carbocycles. The van der Waals surface area contributed by atoms with E-state index in [1.54, 1.807) is 0 Å². The van der Waals surface area contributed by atoms with E-state index in [4.69, 9.17) is 5.11 Å². The summed E-state index contributed by atoms with van der Waals surface area (Å²) in [5, 5.41) is 8.84. The van der Waals surface area contributed by atoms with E-state index in [9.17, 15) is 0 Å². The molecule has 1 N–H and O–H groups in total. The highest BCUT2D eigenvalue weighted by molar-refractivity contribution is 5.53. The molecule has 1 aliphatic heterocycles. The third kappa shape index (κ3) is 3.71. The Kier molecular flexibility index (Phi) is 5.23. The Morgan fingerprint density at radius 1 is 1.21 bits per heavy atom. The fourth-order valence-corrected chi connectivity index (χ4v) is 2.90. The third-order valence-corrected chi connectivity index (χ3v) is 4.04. The van der Waals surface area contributed by atoms with Crippen molar-refractivity contribution in [3.05, 3.63) is 29.8 Å². The van der Waals surface area contributed by atoms with E-state index in [0.29, 0.717) is 12.6 Å². The normalized spacial score (nSPS) is 20.2. The molecule has 3 heteroatoms. The maximum Gasteiger partial charge on any atom is 0.0431 e. The molecule has 0 bridgehead atoms. The van der Waals surface area contributed by atoms with Gasteiger partial charge in [0.25, 0.3) is 0 Å². The van der Waals surface area contributed by atoms with Crippen molar-refractivity contribution < 1.29 is 5.11 Å². The van der Waals surface area contributed by atoms with E-state index in [2.05, 4.69) is 48.0 Å². The van der Waals surface area contributed by atoms with E-state index < -0.39 is 0 Å². The number of unbranched alkanes of at least 4 members (excludes halogenated alkanes) is 2. The molecule has 0 aliphatic carbocycles. The molecule has 1 atom stereocenters. The number of para-hydroxylation sites is 1. The highest BCUT2D eigenvalue weighted by Gasteiger charge is 2.22. The molecule has 1 unspecified atom stereocenters. The minimum atomic E-state index is 0.321. The van der Waals surface area contributed by atoms with E-state index in [1.807, 2.05) is 0 Å². The molecule has 1 aliphatic rings. The second-order valence-corrected chi connectivity index (χ2v) is 5.61. The second-order valence-electron chi connectivity index (χ2n) is 5.61. The molecule has 2 rings (SSSR count). The number of hydrogen-bond acceptors (Lipinski definition) is 3. The van der Waals surface area contributed by atoms with Gasteiger partial charge in [-0.15, -0.1) is 0 Å². The first-order valence-corrected chi connectivity index (χ1v) is 7.36. The van der Waals surface area contributed by atoms with Crippen LogP contribution in [0.4, 0.5) is 5.69 Å². The molecule has 0 spiro atoms. The Balaban J connectivity index is 2.01. The van der Waals surface area contributed by atoms with Crippen molar-refractivity contribution >= 4 is 5.69 Å². The van der Waals surface area contributed by atoms with Crippen LogP contribution in [-0.2, 0) is 6.54 Å². The van der Waals surface area contributed by atoms with Crippen LogP contribution in [0.1, 0.15) is 31.7 Å². The smallest absolute Gasteiger partial charge is 0.0431 e. The number of aliphatic hydroxyl groups is 1. The van der Waals surface area contributed by atoms with Crippen molar-refractivity contribution in [2.75, 3.05) is 31.6 Å². The van der Waals surface area contributed by atoms with Crippen LogP contribution in [0.25, 0.3) is 0 Å². The summed E-state index contributed by atoms with van der Waals surface area (Å²) in [6.45, 7) is 5.89. The van der Waals surface area contributed by atoms with Crippen LogP contribution < -0.4 is 4.90 Å². The largest absolute Gasteiger partial charge is 0.396 e. The summed E-state index contributed by atoms with van der Waals surface area (Å²) >= 11 is 0. The average molecular weight is 262 g/mol. The number of likely N-dealkylation sites (N-methyl/N-ethyl adjacent to an activating group) is 1. The van der Waals surface area contributed by atoms with Crippen molar-refractivity contribution in [2.45, 2.75) is 38.8 Å². The summed E-state index contributed by atoms with van der Waals surface area (Å²) in [6.07, 6.45) is 3.23. The highest BCUT2D eigenvalue weighted by atomic mass is 16.2. The summed E-state index contributed by atoms with van der Waals surface area (Å²) < 4.78 is 0. The lowest BCUT2D eigenvalue weighted by atomic mass is 10.1. The summed E-state index contributed by atoms with van der Waals surface area (Å²) in [5.41, 5.74) is 2.80. The lowest BCUT2D eigenvalue weighted by Gasteiger charge is -2.28. The zero-order valence-corrected chi connectivity index (χ0v) is 12.2. The van der Waals surface area contributed by atoms with Gasteiger partial charge in [-0.2, -0.15) is 0 Å². The number of hydrogen-bond donors (Lipinski definition) is 1. The predicted molar refractivity (Wildman–Crippen MR) is 80.5 cm³/mol. The van der Waals surface area contributed by atoms with Gasteiger partial charge in [-0.05, 0) is 44.4 Å². The zero-order valence-electron chi connectivity index (χ0n) is 12.2. The molecule has 3 nitrogen and oxygen atoms in total. The number of benzene rings is 1. The molecule has 1 aromatic rings. The average Bonchev–Trinajstić information content (AvgIpc) is 2.53. The maximum atomic E-state index is 8.84. The van der Waals surface area contributed by atoms with Gasteiger partial charge in [0.05, 0.1) is 0 Å². The molecule has 0 amide bonds. The predicted octanol–water partition coefficient (Wildman–Crippen LogP) is 2.49. The summed E-state index contributed by atoms with van der Waals surface area (Å²) in [5.74, 6) is 0. The number of aliphatic hydroxyl groups excluding tert-OH is 1. The molecule has 19 heavy (non-hydrogen) atoms. The first-order chi connectivity index (χ1) is 9.22. The van der Waals surface area contributed by atoms with Crippen molar-refractivity contribution in [1.82, 2.24) is 4.90 Å². The molecule has 0 radical (unpaired) electrons. The van der Waals surface area contributed by atoms with Crippen LogP contribution in [0.15, 0.2) is 24.3 Å². The number of rotatable bonds is 5. The lowest BCUT2D eigenvalue weighted by molar-refractivity contribution is 0.200. The summed E-state index contributed by atoms with van der Waals surface area (Å²) in [6, 6.07) is 9.29. The molecule has 0 saturated heterocycles. The van der Waals surface area contributed by atoms with Gasteiger partial charge in [0.2, 0.25) is 0 Å². The van der Waals surface area contributed by atoms with E-state index in [0.717, 1.165) is 32.5 Å². The minimum Gasteiger partial charge on any atom is -0.396 e. The molecule has 106 valence electrons. The SMILES string of the molecule is CC1CN(C)c2ccccc2CN1CCCCCO. The van der Waals surface area contributed by atoms with Crippen LogP contribution in [-0.4, -0.2) is 42.8 Å². The Morgan fingerprint density at radius 2 is 2.00 bits per heavy atom. The van der Waals surface area contributed by atoms with Crippen LogP contribution in [0.3, 0.4) is 0 Å². The van der Waals surface area contributed by atoms with Gasteiger partial charge in [0.1, 0.15) is 0 Å². The first-order valence-electron chi connectivity index (χ1n) is 7.36. The fraction of sp³-hybridized carbons (Fsp3) is 0.625. The molecular formula is C16H26N2O. The first kappa shape index (κ1) is 14.4. The second kappa shape index (κ2) is 6.92. The Labute approximate surface area is 116 Å². The van der Waals surface area contributed by atoms with Gasteiger partial charge in [0.15, 0.2) is 0 Å². The molecular weight excluding hydrogens is 236 g/mol. The lowest BCUT2D eigenvalue weighted by Crippen LogP contribution is -2.38. The maximum absolute atomic E-state index is 8.84. The van der Waals surface area contributed by atoms with Gasteiger partial charge in [-0.3, -0.25) is 4.90 Å². The van der Waals surface area contributed by atoms with Gasteiger partial charge < -0.3 is 10.0 Å². The number of anilines is 1. The standard InChI is InChI=1S/C16H26N2O/c1-14-12-17(2)16-9-5-4-8-15(16)13-18(14)10-6-3-7-11-19/h4-5,8-9,14,19H,3,6-7,10-13H2,1-2H3. The monoisotopic (exact) mass is 262 g/mol. The van der Waals surface area contributed by atoms with Gasteiger partial charge >= 0.3 is 0 Å². The quantitative estimate of drug-likeness (QED) is 0.826. The third-order valence-electron chi connectivity index (χ3n) is 4.04. The number of nitrogens with zero attached hydrogens (tertiary/aromatic N) is 2. The molecule has 0 fully saturated rings. The van der Waals surface area contributed by atoms with Crippen molar-refractivity contribution in [1.29, 1.82) is 0 Å². The van der Waals surface area contributed by atoms with Crippen molar-refractivity contribution in [2.24, 2.45) is 0 Å². The van der Waals surface area contributed by atoms with E-state index in [-0.39, 0.29) is 0 Å². The Morgan fingerprint density at radius 3 is 2.79 bits per heavy atom. The summed E-state index contributed by atoms with van der Waals surface area (Å²) in [4.78, 5) is 4.94. The fourth-order valence-electron chi connectivity index (χ4n) is 2.90. The molecule has 1 heterocycles. The van der Waals surface area contributed by atoms with Crippen molar-refractivity contribution in [3.8, 4) is 0 Å². The van der Waals surface area contributed by atoms with Crippen LogP contribution in [0, 0.1) is 0 Å². The van der Waals surface area contributed by atoms with Gasteiger partial charge in [-0.1, -0.05) is 18.2 Å². The van der Waals surface area contributed by atoms with E-state index in [1.165, 1.54) is 17.7 Å². The van der Waals surface area contributed by atoms with Crippen LogP contribution in [0.5, 0.6) is 0 Å². The zero-order chi connectivity index (χ0) is 13.7.